The maximum absolute atomic E-state index is 5.26. The van der Waals surface area contributed by atoms with Crippen LogP contribution in [0.25, 0.3) is 0 Å². The Labute approximate surface area is 84.8 Å². The van der Waals surface area contributed by atoms with E-state index in [9.17, 15) is 0 Å². The summed E-state index contributed by atoms with van der Waals surface area (Å²) < 4.78 is 10.1. The molecule has 0 aliphatic rings. The van der Waals surface area contributed by atoms with Crippen molar-refractivity contribution in [2.24, 2.45) is 5.73 Å². The van der Waals surface area contributed by atoms with Crippen LogP contribution in [0.4, 0.5) is 0 Å². The topological polar surface area (TPSA) is 56.5 Å². The van der Waals surface area contributed by atoms with E-state index in [1.165, 1.54) is 0 Å². The minimum absolute atomic E-state index is 0.361. The van der Waals surface area contributed by atoms with Crippen LogP contribution < -0.4 is 11.1 Å². The molecule has 13 heavy (non-hydrogen) atoms. The number of nitrogens with two attached hydrogens (primary N) is 1. The summed E-state index contributed by atoms with van der Waals surface area (Å²) in [7, 11) is 1.66. The zero-order chi connectivity index (χ0) is 9.94. The minimum atomic E-state index is 0.361. The van der Waals surface area contributed by atoms with Gasteiger partial charge in [0.1, 0.15) is 0 Å². The van der Waals surface area contributed by atoms with Gasteiger partial charge in [0, 0.05) is 20.3 Å². The first-order valence-electron chi connectivity index (χ1n) is 4.37. The molecule has 3 N–H and O–H groups in total. The fourth-order valence-electron chi connectivity index (χ4n) is 0.785. The molecular formula is C8H18N2O2S. The molecule has 5 heteroatoms. The summed E-state index contributed by atoms with van der Waals surface area (Å²) in [5, 5.41) is 3.24. The van der Waals surface area contributed by atoms with Crippen LogP contribution in [0.15, 0.2) is 0 Å². The lowest BCUT2D eigenvalue weighted by Gasteiger charge is -2.04. The van der Waals surface area contributed by atoms with Crippen LogP contribution in [0, 0.1) is 0 Å². The van der Waals surface area contributed by atoms with Crippen molar-refractivity contribution in [1.29, 1.82) is 0 Å². The van der Waals surface area contributed by atoms with Crippen LogP contribution in [-0.4, -0.2) is 38.6 Å². The normalized spacial score (nSPS) is 9.92. The van der Waals surface area contributed by atoms with Gasteiger partial charge in [-0.25, -0.2) is 0 Å². The molecule has 4 nitrogen and oxygen atoms in total. The monoisotopic (exact) mass is 206 g/mol. The summed E-state index contributed by atoms with van der Waals surface area (Å²) in [5.74, 6) is 0. The number of nitrogens with one attached hydrogen (secondary N) is 1. The van der Waals surface area contributed by atoms with E-state index in [0.29, 0.717) is 18.3 Å². The van der Waals surface area contributed by atoms with Crippen LogP contribution in [-0.2, 0) is 9.47 Å². The van der Waals surface area contributed by atoms with E-state index in [0.717, 1.165) is 26.0 Å². The van der Waals surface area contributed by atoms with E-state index < -0.39 is 0 Å². The molecule has 0 aliphatic heterocycles. The van der Waals surface area contributed by atoms with Gasteiger partial charge in [-0.2, -0.15) is 0 Å². The largest absolute Gasteiger partial charge is 0.382 e. The molecule has 0 aromatic rings. The molecular weight excluding hydrogens is 188 g/mol. The molecule has 0 saturated heterocycles. The molecule has 78 valence electrons. The SMILES string of the molecule is COCCOCCCCNC(N)=S. The Kier molecular flexibility index (Phi) is 9.41. The number of hydrogen-bond acceptors (Lipinski definition) is 3. The highest BCUT2D eigenvalue weighted by atomic mass is 32.1. The highest BCUT2D eigenvalue weighted by Crippen LogP contribution is 1.88. The predicted molar refractivity (Wildman–Crippen MR) is 56.7 cm³/mol. The maximum atomic E-state index is 5.26. The second-order valence-electron chi connectivity index (χ2n) is 2.60. The first-order chi connectivity index (χ1) is 6.27. The third-order valence-electron chi connectivity index (χ3n) is 1.45. The van der Waals surface area contributed by atoms with Crippen molar-refractivity contribution < 1.29 is 9.47 Å². The molecule has 0 rings (SSSR count). The number of hydrogen-bond donors (Lipinski definition) is 2. The Bertz CT molecular complexity index is 133. The fraction of sp³-hybridized carbons (Fsp3) is 0.875. The third kappa shape index (κ3) is 11.6. The van der Waals surface area contributed by atoms with Crippen LogP contribution in [0.3, 0.4) is 0 Å². The van der Waals surface area contributed by atoms with Gasteiger partial charge in [-0.1, -0.05) is 0 Å². The van der Waals surface area contributed by atoms with Crippen LogP contribution >= 0.6 is 12.2 Å². The summed E-state index contributed by atoms with van der Waals surface area (Å²) in [6, 6.07) is 0. The van der Waals surface area contributed by atoms with Gasteiger partial charge in [-0.05, 0) is 25.1 Å². The van der Waals surface area contributed by atoms with E-state index in [4.69, 9.17) is 15.2 Å². The second-order valence-corrected chi connectivity index (χ2v) is 3.04. The van der Waals surface area contributed by atoms with E-state index in [1.54, 1.807) is 7.11 Å². The van der Waals surface area contributed by atoms with Crippen molar-refractivity contribution in [3.05, 3.63) is 0 Å². The highest BCUT2D eigenvalue weighted by Gasteiger charge is 1.90. The lowest BCUT2D eigenvalue weighted by Crippen LogP contribution is -2.29. The molecule has 0 unspecified atom stereocenters. The van der Waals surface area contributed by atoms with Crippen molar-refractivity contribution in [3.63, 3.8) is 0 Å². The zero-order valence-corrected chi connectivity index (χ0v) is 8.86. The van der Waals surface area contributed by atoms with Crippen LogP contribution in [0.5, 0.6) is 0 Å². The van der Waals surface area contributed by atoms with Gasteiger partial charge in [0.2, 0.25) is 0 Å². The number of ether oxygens (including phenoxy) is 2. The van der Waals surface area contributed by atoms with Gasteiger partial charge < -0.3 is 20.5 Å². The van der Waals surface area contributed by atoms with Crippen molar-refractivity contribution in [2.75, 3.05) is 33.5 Å². The molecule has 0 bridgehead atoms. The summed E-state index contributed by atoms with van der Waals surface area (Å²) in [6.45, 7) is 2.91. The Balaban J connectivity index is 2.87. The van der Waals surface area contributed by atoms with Gasteiger partial charge in [-0.15, -0.1) is 0 Å². The maximum Gasteiger partial charge on any atom is 0.163 e. The van der Waals surface area contributed by atoms with Gasteiger partial charge in [0.25, 0.3) is 0 Å². The molecule has 0 aliphatic carbocycles. The molecule has 0 spiro atoms. The highest BCUT2D eigenvalue weighted by molar-refractivity contribution is 7.80. The lowest BCUT2D eigenvalue weighted by atomic mass is 10.3. The number of thiocarbonyl (C=S) groups is 1. The Morgan fingerprint density at radius 1 is 1.31 bits per heavy atom. The second kappa shape index (κ2) is 9.70. The zero-order valence-electron chi connectivity index (χ0n) is 8.04. The number of methoxy groups -OCH3 is 1. The van der Waals surface area contributed by atoms with E-state index in [-0.39, 0.29) is 0 Å². The average Bonchev–Trinajstić information content (AvgIpc) is 2.09. The van der Waals surface area contributed by atoms with Crippen LogP contribution in [0.2, 0.25) is 0 Å². The first kappa shape index (κ1) is 12.6. The van der Waals surface area contributed by atoms with Gasteiger partial charge >= 0.3 is 0 Å². The molecule has 0 atom stereocenters. The van der Waals surface area contributed by atoms with Gasteiger partial charge in [0.15, 0.2) is 5.11 Å². The summed E-state index contributed by atoms with van der Waals surface area (Å²) in [4.78, 5) is 0. The predicted octanol–water partition coefficient (Wildman–Crippen LogP) is 0.263. The molecule has 0 saturated carbocycles. The van der Waals surface area contributed by atoms with E-state index >= 15 is 0 Å². The minimum Gasteiger partial charge on any atom is -0.382 e. The number of rotatable bonds is 8. The number of unbranched alkanes of at least 4 members (excludes halogenated alkanes) is 1. The van der Waals surface area contributed by atoms with Crippen LogP contribution in [0.1, 0.15) is 12.8 Å². The van der Waals surface area contributed by atoms with Gasteiger partial charge in [0.05, 0.1) is 13.2 Å². The van der Waals surface area contributed by atoms with E-state index in [2.05, 4.69) is 17.5 Å². The lowest BCUT2D eigenvalue weighted by molar-refractivity contribution is 0.0689. The fourth-order valence-corrected chi connectivity index (χ4v) is 0.887. The third-order valence-corrected chi connectivity index (χ3v) is 1.59. The summed E-state index contributed by atoms with van der Waals surface area (Å²) in [6.07, 6.45) is 2.03. The molecule has 0 heterocycles. The average molecular weight is 206 g/mol. The molecule has 0 radical (unpaired) electrons. The Hall–Kier alpha value is -0.390. The molecule has 0 amide bonds. The molecule has 0 aromatic carbocycles. The van der Waals surface area contributed by atoms with Crippen molar-refractivity contribution in [2.45, 2.75) is 12.8 Å². The quantitative estimate of drug-likeness (QED) is 0.441. The van der Waals surface area contributed by atoms with Crippen molar-refractivity contribution in [3.8, 4) is 0 Å². The first-order valence-corrected chi connectivity index (χ1v) is 4.78. The Morgan fingerprint density at radius 2 is 2.08 bits per heavy atom. The summed E-state index contributed by atoms with van der Waals surface area (Å²) in [5.41, 5.74) is 5.25. The van der Waals surface area contributed by atoms with Gasteiger partial charge in [-0.3, -0.25) is 0 Å². The van der Waals surface area contributed by atoms with E-state index in [1.807, 2.05) is 0 Å². The van der Waals surface area contributed by atoms with Crippen molar-refractivity contribution >= 4 is 17.3 Å². The smallest absolute Gasteiger partial charge is 0.163 e. The Morgan fingerprint density at radius 3 is 2.69 bits per heavy atom. The van der Waals surface area contributed by atoms with Crippen molar-refractivity contribution in [1.82, 2.24) is 5.32 Å². The molecule has 0 fully saturated rings. The standard InChI is InChI=1S/C8H18N2O2S/c1-11-6-7-12-5-3-2-4-10-8(9)13/h2-7H2,1H3,(H3,9,10,13). The molecule has 0 aromatic heterocycles. The summed E-state index contributed by atoms with van der Waals surface area (Å²) >= 11 is 4.65.